The highest BCUT2D eigenvalue weighted by molar-refractivity contribution is 5.30. The fraction of sp³-hybridized carbons (Fsp3) is 0.684. The first-order valence-corrected chi connectivity index (χ1v) is 8.70. The molecule has 118 valence electrons. The van der Waals surface area contributed by atoms with Crippen molar-refractivity contribution in [1.82, 2.24) is 5.32 Å². The predicted octanol–water partition coefficient (Wildman–Crippen LogP) is 4.89. The molecule has 0 spiro atoms. The lowest BCUT2D eigenvalue weighted by Crippen LogP contribution is -2.34. The summed E-state index contributed by atoms with van der Waals surface area (Å²) in [6.45, 7) is 7.53. The van der Waals surface area contributed by atoms with E-state index in [9.17, 15) is 0 Å². The van der Waals surface area contributed by atoms with Crippen LogP contribution in [-0.4, -0.2) is 18.7 Å². The van der Waals surface area contributed by atoms with Gasteiger partial charge in [0.05, 0.1) is 6.10 Å². The Bertz CT molecular complexity index is 399. The van der Waals surface area contributed by atoms with Gasteiger partial charge in [-0.2, -0.15) is 0 Å². The molecule has 2 unspecified atom stereocenters. The quantitative estimate of drug-likeness (QED) is 0.753. The Balaban J connectivity index is 2.07. The predicted molar refractivity (Wildman–Crippen MR) is 90.1 cm³/mol. The molecule has 0 saturated heterocycles. The molecule has 0 amide bonds. The van der Waals surface area contributed by atoms with Gasteiger partial charge in [-0.1, -0.05) is 38.3 Å². The van der Waals surface area contributed by atoms with Crippen LogP contribution in [0, 0.1) is 0 Å². The first-order chi connectivity index (χ1) is 10.2. The monoisotopic (exact) mass is 289 g/mol. The van der Waals surface area contributed by atoms with Crippen molar-refractivity contribution in [2.24, 2.45) is 0 Å². The van der Waals surface area contributed by atoms with Crippen LogP contribution in [0.15, 0.2) is 24.3 Å². The Morgan fingerprint density at radius 3 is 2.48 bits per heavy atom. The van der Waals surface area contributed by atoms with Gasteiger partial charge in [0.1, 0.15) is 5.75 Å². The molecule has 0 aromatic heterocycles. The second-order valence-electron chi connectivity index (χ2n) is 6.54. The first kappa shape index (κ1) is 16.4. The van der Waals surface area contributed by atoms with Gasteiger partial charge in [-0.15, -0.1) is 0 Å². The third kappa shape index (κ3) is 5.03. The minimum Gasteiger partial charge on any atom is -0.491 e. The molecular weight excluding hydrogens is 258 g/mol. The fourth-order valence-corrected chi connectivity index (χ4v) is 3.35. The van der Waals surface area contributed by atoms with Gasteiger partial charge in [-0.05, 0) is 63.3 Å². The van der Waals surface area contributed by atoms with Crippen molar-refractivity contribution in [3.8, 4) is 5.75 Å². The van der Waals surface area contributed by atoms with Gasteiger partial charge in [0.25, 0.3) is 0 Å². The molecule has 1 aromatic rings. The number of hydrogen-bond acceptors (Lipinski definition) is 2. The zero-order chi connectivity index (χ0) is 15.1. The summed E-state index contributed by atoms with van der Waals surface area (Å²) in [5.41, 5.74) is 1.47. The van der Waals surface area contributed by atoms with Crippen LogP contribution >= 0.6 is 0 Å². The van der Waals surface area contributed by atoms with Crippen molar-refractivity contribution >= 4 is 0 Å². The van der Waals surface area contributed by atoms with E-state index in [-0.39, 0.29) is 6.10 Å². The van der Waals surface area contributed by atoms with E-state index in [0.29, 0.717) is 12.0 Å². The average molecular weight is 289 g/mol. The summed E-state index contributed by atoms with van der Waals surface area (Å²) in [7, 11) is 0. The standard InChI is InChI=1S/C19H31NO/c1-4-14-20-19-9-7-5-6-8-18(19)16-10-12-17(13-11-16)21-15(2)3/h10-13,15,18-20H,4-9,14H2,1-3H3. The van der Waals surface area contributed by atoms with E-state index in [1.54, 1.807) is 0 Å². The largest absolute Gasteiger partial charge is 0.491 e. The second kappa shape index (κ2) is 8.43. The highest BCUT2D eigenvalue weighted by atomic mass is 16.5. The number of nitrogens with one attached hydrogen (secondary N) is 1. The molecule has 2 rings (SSSR count). The van der Waals surface area contributed by atoms with Gasteiger partial charge in [-0.25, -0.2) is 0 Å². The lowest BCUT2D eigenvalue weighted by atomic mass is 9.87. The minimum absolute atomic E-state index is 0.243. The maximum absolute atomic E-state index is 5.76. The van der Waals surface area contributed by atoms with E-state index in [1.165, 1.54) is 44.1 Å². The van der Waals surface area contributed by atoms with Crippen LogP contribution in [0.5, 0.6) is 5.75 Å². The number of rotatable bonds is 6. The maximum Gasteiger partial charge on any atom is 0.119 e. The van der Waals surface area contributed by atoms with Gasteiger partial charge >= 0.3 is 0 Å². The summed E-state index contributed by atoms with van der Waals surface area (Å²) in [6.07, 6.45) is 8.19. The highest BCUT2D eigenvalue weighted by Crippen LogP contribution is 2.33. The molecule has 21 heavy (non-hydrogen) atoms. The van der Waals surface area contributed by atoms with Crippen LogP contribution < -0.4 is 10.1 Å². The maximum atomic E-state index is 5.76. The zero-order valence-corrected chi connectivity index (χ0v) is 13.9. The highest BCUT2D eigenvalue weighted by Gasteiger charge is 2.24. The molecule has 2 atom stereocenters. The molecular formula is C19H31NO. The zero-order valence-electron chi connectivity index (χ0n) is 13.9. The molecule has 0 heterocycles. The molecule has 1 aliphatic rings. The van der Waals surface area contributed by atoms with Crippen molar-refractivity contribution in [3.63, 3.8) is 0 Å². The van der Waals surface area contributed by atoms with Gasteiger partial charge in [0.15, 0.2) is 0 Å². The molecule has 0 bridgehead atoms. The Hall–Kier alpha value is -1.02. The minimum atomic E-state index is 0.243. The molecule has 1 saturated carbocycles. The van der Waals surface area contributed by atoms with Crippen LogP contribution in [0.3, 0.4) is 0 Å². The summed E-state index contributed by atoms with van der Waals surface area (Å²) in [6, 6.07) is 9.46. The van der Waals surface area contributed by atoms with E-state index < -0.39 is 0 Å². The fourth-order valence-electron chi connectivity index (χ4n) is 3.35. The third-order valence-corrected chi connectivity index (χ3v) is 4.35. The van der Waals surface area contributed by atoms with E-state index in [2.05, 4.69) is 50.4 Å². The van der Waals surface area contributed by atoms with Gasteiger partial charge in [0.2, 0.25) is 0 Å². The molecule has 1 fully saturated rings. The van der Waals surface area contributed by atoms with Gasteiger partial charge < -0.3 is 10.1 Å². The summed E-state index contributed by atoms with van der Waals surface area (Å²) < 4.78 is 5.76. The van der Waals surface area contributed by atoms with Crippen molar-refractivity contribution in [1.29, 1.82) is 0 Å². The van der Waals surface area contributed by atoms with Gasteiger partial charge in [-0.3, -0.25) is 0 Å². The van der Waals surface area contributed by atoms with E-state index in [0.717, 1.165) is 12.3 Å². The normalized spacial score (nSPS) is 23.0. The first-order valence-electron chi connectivity index (χ1n) is 8.70. The molecule has 2 heteroatoms. The molecule has 1 N–H and O–H groups in total. The summed E-state index contributed by atoms with van der Waals surface area (Å²) in [4.78, 5) is 0. The van der Waals surface area contributed by atoms with Crippen molar-refractivity contribution < 1.29 is 4.74 Å². The summed E-state index contributed by atoms with van der Waals surface area (Å²) in [5.74, 6) is 1.65. The van der Waals surface area contributed by atoms with Crippen LogP contribution in [0.2, 0.25) is 0 Å². The lowest BCUT2D eigenvalue weighted by molar-refractivity contribution is 0.242. The Morgan fingerprint density at radius 2 is 1.81 bits per heavy atom. The molecule has 2 nitrogen and oxygen atoms in total. The summed E-state index contributed by atoms with van der Waals surface area (Å²) in [5, 5.41) is 3.78. The van der Waals surface area contributed by atoms with Crippen molar-refractivity contribution in [2.45, 2.75) is 77.4 Å². The number of benzene rings is 1. The van der Waals surface area contributed by atoms with E-state index in [4.69, 9.17) is 4.74 Å². The number of hydrogen-bond donors (Lipinski definition) is 1. The summed E-state index contributed by atoms with van der Waals surface area (Å²) >= 11 is 0. The van der Waals surface area contributed by atoms with Crippen LogP contribution in [0.1, 0.15) is 70.8 Å². The van der Waals surface area contributed by atoms with Crippen LogP contribution in [-0.2, 0) is 0 Å². The van der Waals surface area contributed by atoms with Crippen LogP contribution in [0.25, 0.3) is 0 Å². The van der Waals surface area contributed by atoms with Crippen LogP contribution in [0.4, 0.5) is 0 Å². The van der Waals surface area contributed by atoms with E-state index >= 15 is 0 Å². The molecule has 0 radical (unpaired) electrons. The Kier molecular flexibility index (Phi) is 6.56. The van der Waals surface area contributed by atoms with Crippen molar-refractivity contribution in [2.75, 3.05) is 6.54 Å². The second-order valence-corrected chi connectivity index (χ2v) is 6.54. The molecule has 1 aliphatic carbocycles. The number of ether oxygens (including phenoxy) is 1. The molecule has 1 aromatic carbocycles. The Morgan fingerprint density at radius 1 is 1.10 bits per heavy atom. The average Bonchev–Trinajstić information content (AvgIpc) is 2.70. The Labute approximate surface area is 130 Å². The van der Waals surface area contributed by atoms with Gasteiger partial charge in [0, 0.05) is 6.04 Å². The lowest BCUT2D eigenvalue weighted by Gasteiger charge is -2.27. The van der Waals surface area contributed by atoms with Crippen molar-refractivity contribution in [3.05, 3.63) is 29.8 Å². The molecule has 0 aliphatic heterocycles. The smallest absolute Gasteiger partial charge is 0.119 e. The third-order valence-electron chi connectivity index (χ3n) is 4.35. The van der Waals surface area contributed by atoms with E-state index in [1.807, 2.05) is 0 Å². The SMILES string of the molecule is CCCNC1CCCCCC1c1ccc(OC(C)C)cc1. The topological polar surface area (TPSA) is 21.3 Å².